The quantitative estimate of drug-likeness (QED) is 0.752. The second-order valence-corrected chi connectivity index (χ2v) is 8.93. The van der Waals surface area contributed by atoms with E-state index < -0.39 is 27.7 Å². The lowest BCUT2D eigenvalue weighted by Crippen LogP contribution is -2.58. The highest BCUT2D eigenvalue weighted by molar-refractivity contribution is 7.89. The number of piperazine rings is 1. The molecule has 1 aromatic carbocycles. The molecule has 1 amide bonds. The van der Waals surface area contributed by atoms with E-state index in [1.807, 2.05) is 0 Å². The number of rotatable bonds is 3. The zero-order valence-corrected chi connectivity index (χ0v) is 16.0. The molecule has 1 atom stereocenters. The second kappa shape index (κ2) is 6.42. The predicted octanol–water partition coefficient (Wildman–Crippen LogP) is 2.36. The van der Waals surface area contributed by atoms with Crippen molar-refractivity contribution in [2.24, 2.45) is 0 Å². The Morgan fingerprint density at radius 2 is 1.93 bits per heavy atom. The summed E-state index contributed by atoms with van der Waals surface area (Å²) < 4.78 is 68.6. The molecule has 29 heavy (non-hydrogen) atoms. The maximum Gasteiger partial charge on any atom is 0.573 e. The van der Waals surface area contributed by atoms with E-state index in [2.05, 4.69) is 9.72 Å². The number of ether oxygens (including phenoxy) is 1. The molecule has 7 nitrogen and oxygen atoms in total. The molecule has 1 unspecified atom stereocenters. The van der Waals surface area contributed by atoms with Crippen molar-refractivity contribution in [3.05, 3.63) is 53.9 Å². The number of pyridine rings is 1. The van der Waals surface area contributed by atoms with E-state index in [9.17, 15) is 26.4 Å². The molecule has 154 valence electrons. The first-order valence-electron chi connectivity index (χ1n) is 8.66. The van der Waals surface area contributed by atoms with E-state index >= 15 is 0 Å². The molecule has 4 rings (SSSR count). The van der Waals surface area contributed by atoms with Crippen LogP contribution in [0.1, 0.15) is 23.0 Å². The summed E-state index contributed by atoms with van der Waals surface area (Å²) in [4.78, 5) is 18.2. The van der Waals surface area contributed by atoms with Crippen molar-refractivity contribution in [3.63, 3.8) is 0 Å². The van der Waals surface area contributed by atoms with Gasteiger partial charge in [0.25, 0.3) is 5.91 Å². The number of hydrogen-bond acceptors (Lipinski definition) is 5. The van der Waals surface area contributed by atoms with Crippen molar-refractivity contribution in [1.29, 1.82) is 0 Å². The van der Waals surface area contributed by atoms with Crippen molar-refractivity contribution in [2.45, 2.75) is 23.7 Å². The standard InChI is InChI=1S/C18H16F3N3O4S/c1-17-11-23(8-9-24(17)16(25)14-6-3-7-22-15(14)17)29(26,27)13-5-2-4-12(10-13)28-18(19,20)21/h2-7,10H,8-9,11H2,1H3. The molecule has 11 heteroatoms. The van der Waals surface area contributed by atoms with Gasteiger partial charge in [-0.15, -0.1) is 13.2 Å². The SMILES string of the molecule is CC12CN(S(=O)(=O)c3cccc(OC(F)(F)F)c3)CCN1C(=O)c1cccnc12. The summed E-state index contributed by atoms with van der Waals surface area (Å²) in [6, 6.07) is 7.54. The Morgan fingerprint density at radius 1 is 1.17 bits per heavy atom. The molecule has 0 radical (unpaired) electrons. The lowest BCUT2D eigenvalue weighted by atomic mass is 9.95. The monoisotopic (exact) mass is 427 g/mol. The molecule has 0 N–H and O–H groups in total. The Bertz CT molecular complexity index is 1090. The van der Waals surface area contributed by atoms with Gasteiger partial charge in [-0.2, -0.15) is 4.31 Å². The number of sulfonamides is 1. The Kier molecular flexibility index (Phi) is 4.35. The number of hydrogen-bond donors (Lipinski definition) is 0. The highest BCUT2D eigenvalue weighted by Crippen LogP contribution is 2.41. The van der Waals surface area contributed by atoms with Crippen LogP contribution in [-0.2, 0) is 15.6 Å². The average molecular weight is 427 g/mol. The number of halogens is 3. The second-order valence-electron chi connectivity index (χ2n) is 6.99. The van der Waals surface area contributed by atoms with Crippen LogP contribution in [-0.4, -0.2) is 54.5 Å². The number of carbonyl (C=O) groups excluding carboxylic acids is 1. The van der Waals surface area contributed by atoms with E-state index in [4.69, 9.17) is 0 Å². The van der Waals surface area contributed by atoms with Gasteiger partial charge in [0, 0.05) is 31.9 Å². The molecule has 3 heterocycles. The molecule has 1 saturated heterocycles. The molecular formula is C18H16F3N3O4S. The summed E-state index contributed by atoms with van der Waals surface area (Å²) >= 11 is 0. The third-order valence-corrected chi connectivity index (χ3v) is 6.96. The smallest absolute Gasteiger partial charge is 0.406 e. The maximum absolute atomic E-state index is 13.1. The minimum Gasteiger partial charge on any atom is -0.406 e. The van der Waals surface area contributed by atoms with Crippen LogP contribution in [0.4, 0.5) is 13.2 Å². The lowest BCUT2D eigenvalue weighted by molar-refractivity contribution is -0.274. The predicted molar refractivity (Wildman–Crippen MR) is 94.5 cm³/mol. The Balaban J connectivity index is 1.67. The van der Waals surface area contributed by atoms with Crippen molar-refractivity contribution in [2.75, 3.05) is 19.6 Å². The van der Waals surface area contributed by atoms with Crippen molar-refractivity contribution in [1.82, 2.24) is 14.2 Å². The fraction of sp³-hybridized carbons (Fsp3) is 0.333. The molecule has 0 aliphatic carbocycles. The normalized spacial score (nSPS) is 22.3. The van der Waals surface area contributed by atoms with Crippen molar-refractivity contribution >= 4 is 15.9 Å². The van der Waals surface area contributed by atoms with E-state index in [1.165, 1.54) is 18.3 Å². The van der Waals surface area contributed by atoms with Crippen LogP contribution in [0.5, 0.6) is 5.75 Å². The number of nitrogens with zero attached hydrogens (tertiary/aromatic N) is 3. The highest BCUT2D eigenvalue weighted by Gasteiger charge is 2.52. The zero-order chi connectivity index (χ0) is 21.0. The van der Waals surface area contributed by atoms with Gasteiger partial charge in [-0.1, -0.05) is 6.07 Å². The summed E-state index contributed by atoms with van der Waals surface area (Å²) in [6.45, 7) is 1.83. The average Bonchev–Trinajstić information content (AvgIpc) is 2.88. The maximum atomic E-state index is 13.1. The molecule has 1 aromatic heterocycles. The van der Waals surface area contributed by atoms with E-state index in [0.29, 0.717) is 11.3 Å². The van der Waals surface area contributed by atoms with Crippen LogP contribution in [0, 0.1) is 0 Å². The number of fused-ring (bicyclic) bond motifs is 3. The molecule has 2 aromatic rings. The van der Waals surface area contributed by atoms with Gasteiger partial charge >= 0.3 is 6.36 Å². The first-order valence-corrected chi connectivity index (χ1v) is 10.1. The Hall–Kier alpha value is -2.66. The third kappa shape index (κ3) is 3.23. The van der Waals surface area contributed by atoms with E-state index in [0.717, 1.165) is 16.4 Å². The molecule has 2 aliphatic heterocycles. The number of benzene rings is 1. The summed E-state index contributed by atoms with van der Waals surface area (Å²) in [6.07, 6.45) is -3.40. The van der Waals surface area contributed by atoms with Gasteiger partial charge in [0.05, 0.1) is 21.7 Å². The fourth-order valence-electron chi connectivity index (χ4n) is 3.83. The van der Waals surface area contributed by atoms with E-state index in [1.54, 1.807) is 24.0 Å². The molecule has 1 fully saturated rings. The highest BCUT2D eigenvalue weighted by atomic mass is 32.2. The van der Waals surface area contributed by atoms with Gasteiger partial charge in [-0.3, -0.25) is 9.78 Å². The Labute approximate surface area is 164 Å². The topological polar surface area (TPSA) is 79.8 Å². The van der Waals surface area contributed by atoms with Gasteiger partial charge in [0.2, 0.25) is 10.0 Å². The van der Waals surface area contributed by atoms with Crippen LogP contribution in [0.25, 0.3) is 0 Å². The summed E-state index contributed by atoms with van der Waals surface area (Å²) in [5, 5.41) is 0. The summed E-state index contributed by atoms with van der Waals surface area (Å²) in [5.41, 5.74) is -0.0483. The minimum atomic E-state index is -4.93. The van der Waals surface area contributed by atoms with Crippen molar-refractivity contribution < 1.29 is 31.1 Å². The molecular weight excluding hydrogens is 411 g/mol. The summed E-state index contributed by atoms with van der Waals surface area (Å²) in [7, 11) is -4.12. The number of carbonyl (C=O) groups is 1. The van der Waals surface area contributed by atoms with Crippen LogP contribution in [0.2, 0.25) is 0 Å². The third-order valence-electron chi connectivity index (χ3n) is 5.12. The molecule has 0 saturated carbocycles. The first kappa shape index (κ1) is 19.6. The van der Waals surface area contributed by atoms with Crippen LogP contribution >= 0.6 is 0 Å². The van der Waals surface area contributed by atoms with Gasteiger partial charge in [0.15, 0.2) is 0 Å². The van der Waals surface area contributed by atoms with Crippen LogP contribution < -0.4 is 4.74 Å². The number of amides is 1. The van der Waals surface area contributed by atoms with Crippen LogP contribution in [0.3, 0.4) is 0 Å². The van der Waals surface area contributed by atoms with Crippen molar-refractivity contribution in [3.8, 4) is 5.75 Å². The molecule has 0 spiro atoms. The van der Waals surface area contributed by atoms with Gasteiger partial charge in [0.1, 0.15) is 5.75 Å². The number of aromatic nitrogens is 1. The fourth-order valence-corrected chi connectivity index (χ4v) is 5.39. The number of alkyl halides is 3. The van der Waals surface area contributed by atoms with Gasteiger partial charge < -0.3 is 9.64 Å². The molecule has 2 aliphatic rings. The van der Waals surface area contributed by atoms with E-state index in [-0.39, 0.29) is 30.4 Å². The van der Waals surface area contributed by atoms with Gasteiger partial charge in [-0.05, 0) is 31.2 Å². The Morgan fingerprint density at radius 3 is 2.66 bits per heavy atom. The molecule has 0 bridgehead atoms. The zero-order valence-electron chi connectivity index (χ0n) is 15.2. The van der Waals surface area contributed by atoms with Gasteiger partial charge in [-0.25, -0.2) is 8.42 Å². The van der Waals surface area contributed by atoms with Crippen LogP contribution in [0.15, 0.2) is 47.5 Å². The first-order chi connectivity index (χ1) is 13.5. The minimum absolute atomic E-state index is 0.0159. The summed E-state index contributed by atoms with van der Waals surface area (Å²) in [5.74, 6) is -0.834. The lowest BCUT2D eigenvalue weighted by Gasteiger charge is -2.44. The largest absolute Gasteiger partial charge is 0.573 e.